The van der Waals surface area contributed by atoms with Crippen molar-refractivity contribution in [2.45, 2.75) is 44.2 Å². The lowest BCUT2D eigenvalue weighted by atomic mass is 9.72. The molecule has 3 aromatic rings. The van der Waals surface area contributed by atoms with E-state index in [1.807, 2.05) is 0 Å². The summed E-state index contributed by atoms with van der Waals surface area (Å²) in [6.07, 6.45) is 3.46. The zero-order chi connectivity index (χ0) is 20.7. The molecule has 2 nitrogen and oxygen atoms in total. The predicted octanol–water partition coefficient (Wildman–Crippen LogP) is 5.66. The first-order valence-corrected chi connectivity index (χ1v) is 11.4. The van der Waals surface area contributed by atoms with Gasteiger partial charge in [-0.15, -0.1) is 0 Å². The first-order chi connectivity index (χ1) is 14.8. The van der Waals surface area contributed by atoms with Crippen LogP contribution in [-0.2, 0) is 13.0 Å². The summed E-state index contributed by atoms with van der Waals surface area (Å²) in [5, 5.41) is 3.61. The minimum Gasteiger partial charge on any atom is -0.317 e. The molecule has 0 aromatic heterocycles. The second kappa shape index (κ2) is 10.1. The van der Waals surface area contributed by atoms with Crippen LogP contribution in [0.3, 0.4) is 0 Å². The molecule has 0 aliphatic carbocycles. The molecule has 1 saturated heterocycles. The smallest absolute Gasteiger partial charge is 0.0303 e. The number of benzene rings is 3. The van der Waals surface area contributed by atoms with Gasteiger partial charge in [0.15, 0.2) is 0 Å². The van der Waals surface area contributed by atoms with Gasteiger partial charge in [-0.25, -0.2) is 0 Å². The number of piperidine rings is 1. The maximum Gasteiger partial charge on any atom is 0.0303 e. The van der Waals surface area contributed by atoms with Gasteiger partial charge in [0.1, 0.15) is 0 Å². The first kappa shape index (κ1) is 20.8. The normalized spacial score (nSPS) is 17.0. The van der Waals surface area contributed by atoms with Gasteiger partial charge in [0.25, 0.3) is 0 Å². The summed E-state index contributed by atoms with van der Waals surface area (Å²) < 4.78 is 0. The molecule has 0 amide bonds. The van der Waals surface area contributed by atoms with Crippen molar-refractivity contribution in [3.05, 3.63) is 108 Å². The molecular formula is C28H34N2. The second-order valence-electron chi connectivity index (χ2n) is 8.63. The van der Waals surface area contributed by atoms with E-state index in [-0.39, 0.29) is 5.54 Å². The van der Waals surface area contributed by atoms with E-state index in [1.54, 1.807) is 0 Å². The maximum atomic E-state index is 3.61. The van der Waals surface area contributed by atoms with E-state index in [1.165, 1.54) is 29.5 Å². The fraction of sp³-hybridized carbons (Fsp3) is 0.357. The molecule has 2 heteroatoms. The van der Waals surface area contributed by atoms with Crippen molar-refractivity contribution in [3.8, 4) is 0 Å². The molecule has 1 aliphatic heterocycles. The molecule has 1 aliphatic rings. The molecule has 3 aromatic carbocycles. The summed E-state index contributed by atoms with van der Waals surface area (Å²) >= 11 is 0. The predicted molar refractivity (Wildman–Crippen MR) is 127 cm³/mol. The van der Waals surface area contributed by atoms with E-state index in [2.05, 4.69) is 108 Å². The van der Waals surface area contributed by atoms with E-state index >= 15 is 0 Å². The van der Waals surface area contributed by atoms with E-state index in [9.17, 15) is 0 Å². The van der Waals surface area contributed by atoms with Crippen LogP contribution in [0.2, 0.25) is 0 Å². The topological polar surface area (TPSA) is 15.3 Å². The molecule has 30 heavy (non-hydrogen) atoms. The van der Waals surface area contributed by atoms with E-state index in [0.717, 1.165) is 32.6 Å². The Morgan fingerprint density at radius 2 is 1.30 bits per heavy atom. The Morgan fingerprint density at radius 1 is 0.767 bits per heavy atom. The van der Waals surface area contributed by atoms with Crippen LogP contribution in [0.15, 0.2) is 91.0 Å². The van der Waals surface area contributed by atoms with Crippen molar-refractivity contribution in [3.63, 3.8) is 0 Å². The monoisotopic (exact) mass is 398 g/mol. The van der Waals surface area contributed by atoms with Crippen LogP contribution in [0.25, 0.3) is 0 Å². The van der Waals surface area contributed by atoms with Gasteiger partial charge in [-0.2, -0.15) is 0 Å². The average molecular weight is 399 g/mol. The van der Waals surface area contributed by atoms with Crippen LogP contribution in [0, 0.1) is 0 Å². The van der Waals surface area contributed by atoms with Crippen LogP contribution < -0.4 is 5.32 Å². The zero-order valence-electron chi connectivity index (χ0n) is 18.1. The molecule has 1 heterocycles. The lowest BCUT2D eigenvalue weighted by Crippen LogP contribution is -2.57. The van der Waals surface area contributed by atoms with Crippen LogP contribution >= 0.6 is 0 Å². The van der Waals surface area contributed by atoms with Gasteiger partial charge >= 0.3 is 0 Å². The highest BCUT2D eigenvalue weighted by atomic mass is 15.2. The highest BCUT2D eigenvalue weighted by Gasteiger charge is 2.42. The van der Waals surface area contributed by atoms with Crippen LogP contribution in [0.4, 0.5) is 0 Å². The average Bonchev–Trinajstić information content (AvgIpc) is 2.83. The molecule has 1 unspecified atom stereocenters. The third-order valence-corrected chi connectivity index (χ3v) is 6.93. The number of rotatable bonds is 8. The number of hydrogen-bond donors (Lipinski definition) is 1. The number of nitrogens with zero attached hydrogens (tertiary/aromatic N) is 1. The van der Waals surface area contributed by atoms with Crippen LogP contribution in [0.5, 0.6) is 0 Å². The van der Waals surface area contributed by atoms with Gasteiger partial charge < -0.3 is 5.32 Å². The van der Waals surface area contributed by atoms with E-state index in [4.69, 9.17) is 0 Å². The fourth-order valence-corrected chi connectivity index (χ4v) is 5.11. The summed E-state index contributed by atoms with van der Waals surface area (Å²) in [6.45, 7) is 6.71. The van der Waals surface area contributed by atoms with Crippen LogP contribution in [-0.4, -0.2) is 30.1 Å². The Balaban J connectivity index is 1.66. The van der Waals surface area contributed by atoms with Gasteiger partial charge in [0.2, 0.25) is 0 Å². The van der Waals surface area contributed by atoms with Crippen molar-refractivity contribution in [2.24, 2.45) is 0 Å². The molecule has 1 N–H and O–H groups in total. The van der Waals surface area contributed by atoms with Gasteiger partial charge in [0, 0.05) is 18.6 Å². The SMILES string of the molecule is CC(c1ccccc1)C1(N(CCc2ccccc2)Cc2ccccc2)CCNCC1. The maximum absolute atomic E-state index is 3.61. The Kier molecular flexibility index (Phi) is 6.99. The quantitative estimate of drug-likeness (QED) is 0.527. The third kappa shape index (κ3) is 4.83. The lowest BCUT2D eigenvalue weighted by molar-refractivity contribution is 0.0290. The molecule has 4 rings (SSSR count). The van der Waals surface area contributed by atoms with Crippen molar-refractivity contribution in [2.75, 3.05) is 19.6 Å². The first-order valence-electron chi connectivity index (χ1n) is 11.4. The Hall–Kier alpha value is -2.42. The molecule has 1 atom stereocenters. The highest BCUT2D eigenvalue weighted by Crippen LogP contribution is 2.41. The van der Waals surface area contributed by atoms with Gasteiger partial charge in [-0.1, -0.05) is 97.9 Å². The van der Waals surface area contributed by atoms with Crippen molar-refractivity contribution < 1.29 is 0 Å². The van der Waals surface area contributed by atoms with Gasteiger partial charge in [0.05, 0.1) is 0 Å². The molecule has 0 radical (unpaired) electrons. The minimum atomic E-state index is 0.164. The summed E-state index contributed by atoms with van der Waals surface area (Å²) in [7, 11) is 0. The molecule has 0 spiro atoms. The number of hydrogen-bond acceptors (Lipinski definition) is 2. The lowest BCUT2D eigenvalue weighted by Gasteiger charge is -2.51. The Labute approximate surface area is 181 Å². The van der Waals surface area contributed by atoms with Gasteiger partial charge in [-0.3, -0.25) is 4.90 Å². The van der Waals surface area contributed by atoms with E-state index < -0.39 is 0 Å². The van der Waals surface area contributed by atoms with Crippen molar-refractivity contribution in [1.29, 1.82) is 0 Å². The molecule has 0 saturated carbocycles. The highest BCUT2D eigenvalue weighted by molar-refractivity contribution is 5.25. The fourth-order valence-electron chi connectivity index (χ4n) is 5.11. The van der Waals surface area contributed by atoms with E-state index in [0.29, 0.717) is 5.92 Å². The molecule has 1 fully saturated rings. The number of nitrogens with one attached hydrogen (secondary N) is 1. The minimum absolute atomic E-state index is 0.164. The Bertz CT molecular complexity index is 870. The largest absolute Gasteiger partial charge is 0.317 e. The van der Waals surface area contributed by atoms with Gasteiger partial charge in [-0.05, 0) is 55.0 Å². The summed E-state index contributed by atoms with van der Waals surface area (Å²) in [5.74, 6) is 0.486. The molecule has 156 valence electrons. The summed E-state index contributed by atoms with van der Waals surface area (Å²) in [6, 6.07) is 33.1. The summed E-state index contributed by atoms with van der Waals surface area (Å²) in [4.78, 5) is 2.80. The third-order valence-electron chi connectivity index (χ3n) is 6.93. The van der Waals surface area contributed by atoms with Crippen molar-refractivity contribution in [1.82, 2.24) is 10.2 Å². The molecule has 0 bridgehead atoms. The zero-order valence-corrected chi connectivity index (χ0v) is 18.1. The summed E-state index contributed by atoms with van der Waals surface area (Å²) in [5.41, 5.74) is 4.45. The second-order valence-corrected chi connectivity index (χ2v) is 8.63. The standard InChI is InChI=1S/C28H34N2/c1-24(27-15-9-4-10-16-27)28(18-20-29-21-19-28)30(23-26-13-7-3-8-14-26)22-17-25-11-5-2-6-12-25/h2-16,24,29H,17-23H2,1H3. The van der Waals surface area contributed by atoms with Crippen molar-refractivity contribution >= 4 is 0 Å². The molecular weight excluding hydrogens is 364 g/mol. The van der Waals surface area contributed by atoms with Crippen LogP contribution in [0.1, 0.15) is 42.4 Å². The Morgan fingerprint density at radius 3 is 1.90 bits per heavy atom.